The molecule has 71 heavy (non-hydrogen) atoms. The number of anilines is 2. The zero-order chi connectivity index (χ0) is 52.1. The third kappa shape index (κ3) is 18.1. The zero-order valence-electron chi connectivity index (χ0n) is 42.7. The number of amides is 1. The van der Waals surface area contributed by atoms with Gasteiger partial charge in [-0.1, -0.05) is 55.0 Å². The highest BCUT2D eigenvalue weighted by Gasteiger charge is 2.26. The number of hydrogen-bond donors (Lipinski definition) is 0. The predicted molar refractivity (Wildman–Crippen MR) is 278 cm³/mol. The van der Waals surface area contributed by atoms with Gasteiger partial charge in [-0.25, -0.2) is 27.4 Å². The molecule has 0 saturated heterocycles. The molecule has 3 aromatic heterocycles. The summed E-state index contributed by atoms with van der Waals surface area (Å²) in [4.78, 5) is 40.4. The lowest BCUT2D eigenvalue weighted by molar-refractivity contribution is -0.889. The summed E-state index contributed by atoms with van der Waals surface area (Å²) in [5.41, 5.74) is 1.63. The van der Waals surface area contributed by atoms with E-state index in [4.69, 9.17) is 23.9 Å². The van der Waals surface area contributed by atoms with Crippen LogP contribution in [0.15, 0.2) is 53.5 Å². The molecule has 0 aliphatic rings. The van der Waals surface area contributed by atoms with Crippen LogP contribution in [0.1, 0.15) is 67.0 Å². The van der Waals surface area contributed by atoms with Gasteiger partial charge in [0.2, 0.25) is 0 Å². The van der Waals surface area contributed by atoms with Crippen LogP contribution in [0.3, 0.4) is 0 Å². The number of likely N-dealkylation sites (N-methyl/N-ethyl adjacent to an activating group) is 1. The first kappa shape index (κ1) is 56.6. The Kier molecular flexibility index (Phi) is 19.9. The number of nitrogens with zero attached hydrogens (tertiary/aromatic N) is 8. The third-order valence-electron chi connectivity index (χ3n) is 10.8. The van der Waals surface area contributed by atoms with Gasteiger partial charge in [0.05, 0.1) is 73.8 Å². The molecule has 1 amide bonds. The maximum absolute atomic E-state index is 15.3. The summed E-state index contributed by atoms with van der Waals surface area (Å²) in [6.07, 6.45) is 0.446. The largest absolute Gasteiger partial charge is 0.748 e. The predicted octanol–water partition coefficient (Wildman–Crippen LogP) is 8.50. The minimum Gasteiger partial charge on any atom is -0.748 e. The standard InChI is InChI=1S/C49H67FN8O9S3Si/c1-12-65-45(59)43-41(69-46(51-43)55(6)42-32-35(2)44(54-53-42)52-47-57(34-64-29-31-71(9,10)11)38-19-13-14-20-40(38)68-47)21-16-28-66-39-23-22-36(33-37(39)50)18-15-24-56(48(60)67-49(3,4)5)25-27-58(7,8)26-17-30-70(61,62)63/h13-14,19-20,22-23,32-33H,12,16-17,21,24-31,34H2,1-11H3. The molecule has 5 aromatic rings. The van der Waals surface area contributed by atoms with Crippen molar-refractivity contribution >= 4 is 79.9 Å². The van der Waals surface area contributed by atoms with Crippen LogP contribution in [0.2, 0.25) is 25.7 Å². The molecule has 0 aliphatic heterocycles. The summed E-state index contributed by atoms with van der Waals surface area (Å²) >= 11 is 2.88. The number of thiazole rings is 2. The highest BCUT2D eigenvalue weighted by Crippen LogP contribution is 2.32. The molecule has 0 saturated carbocycles. The molecule has 0 spiro atoms. The van der Waals surface area contributed by atoms with E-state index in [-0.39, 0.29) is 44.2 Å². The summed E-state index contributed by atoms with van der Waals surface area (Å²) in [6, 6.07) is 15.4. The Hall–Kier alpha value is -5.28. The van der Waals surface area contributed by atoms with Gasteiger partial charge < -0.3 is 32.9 Å². The monoisotopic (exact) mass is 1050 g/mol. The van der Waals surface area contributed by atoms with Crippen molar-refractivity contribution in [2.24, 2.45) is 4.99 Å². The Morgan fingerprint density at radius 2 is 1.77 bits per heavy atom. The fourth-order valence-electron chi connectivity index (χ4n) is 6.79. The maximum Gasteiger partial charge on any atom is 0.411 e. The molecule has 0 atom stereocenters. The van der Waals surface area contributed by atoms with Crippen molar-refractivity contribution in [2.45, 2.75) is 91.9 Å². The topological polar surface area (TPSA) is 191 Å². The number of quaternary nitrogens is 1. The van der Waals surface area contributed by atoms with Crippen LogP contribution in [0.4, 0.5) is 26.0 Å². The molecule has 2 aromatic carbocycles. The van der Waals surface area contributed by atoms with Gasteiger partial charge in [0, 0.05) is 44.3 Å². The second kappa shape index (κ2) is 24.9. The number of halogens is 1. The first-order valence-electron chi connectivity index (χ1n) is 23.4. The van der Waals surface area contributed by atoms with E-state index >= 15 is 4.39 Å². The summed E-state index contributed by atoms with van der Waals surface area (Å²) in [5, 5.41) is 9.53. The fourth-order valence-corrected chi connectivity index (χ4v) is 10.1. The van der Waals surface area contributed by atoms with Gasteiger partial charge in [0.1, 0.15) is 12.3 Å². The number of ether oxygens (including phenoxy) is 4. The van der Waals surface area contributed by atoms with Crippen LogP contribution in [0, 0.1) is 24.6 Å². The van der Waals surface area contributed by atoms with Crippen LogP contribution in [0.25, 0.3) is 10.2 Å². The number of carbonyl (C=O) groups excluding carboxylic acids is 2. The van der Waals surface area contributed by atoms with E-state index in [1.54, 1.807) is 57.0 Å². The number of aryl methyl sites for hydroxylation is 2. The molecule has 0 radical (unpaired) electrons. The SMILES string of the molecule is CCOC(=O)c1nc(N(C)c2cc(C)c(N=c3sc4ccccc4n3COCC[Si](C)(C)C)nn2)sc1CCCOc1ccc(C#CCN(CC[N+](C)(C)CCCS(=O)(=O)[O-])C(=O)OC(C)(C)C)cc1F. The first-order valence-corrected chi connectivity index (χ1v) is 30.3. The lowest BCUT2D eigenvalue weighted by atomic mass is 10.2. The molecule has 5 rings (SSSR count). The van der Waals surface area contributed by atoms with Crippen LogP contribution in [-0.4, -0.2) is 141 Å². The van der Waals surface area contributed by atoms with E-state index < -0.39 is 47.4 Å². The summed E-state index contributed by atoms with van der Waals surface area (Å²) in [5.74, 6) is 5.23. The van der Waals surface area contributed by atoms with Crippen LogP contribution in [-0.2, 0) is 37.5 Å². The third-order valence-corrected chi connectivity index (χ3v) is 15.5. The van der Waals surface area contributed by atoms with Gasteiger partial charge >= 0.3 is 12.1 Å². The lowest BCUT2D eigenvalue weighted by Gasteiger charge is -2.33. The average Bonchev–Trinajstić information content (AvgIpc) is 3.86. The van der Waals surface area contributed by atoms with E-state index in [9.17, 15) is 22.6 Å². The van der Waals surface area contributed by atoms with Gasteiger partial charge in [-0.3, -0.25) is 9.47 Å². The van der Waals surface area contributed by atoms with E-state index in [1.807, 2.05) is 39.2 Å². The molecule has 386 valence electrons. The van der Waals surface area contributed by atoms with Gasteiger partial charge in [-0.2, -0.15) is 4.99 Å². The lowest BCUT2D eigenvalue weighted by Crippen LogP contribution is -2.48. The summed E-state index contributed by atoms with van der Waals surface area (Å²) in [7, 11) is -0.0217. The quantitative estimate of drug-likeness (QED) is 0.0151. The molecular formula is C49H67FN8O9S3Si. The smallest absolute Gasteiger partial charge is 0.411 e. The van der Waals surface area contributed by atoms with Crippen molar-refractivity contribution in [2.75, 3.05) is 77.8 Å². The first-order chi connectivity index (χ1) is 33.3. The number of fused-ring (bicyclic) bond motifs is 1. The van der Waals surface area contributed by atoms with Crippen molar-refractivity contribution in [3.8, 4) is 17.6 Å². The highest BCUT2D eigenvalue weighted by atomic mass is 32.2. The normalized spacial score (nSPS) is 12.4. The van der Waals surface area contributed by atoms with Crippen LogP contribution < -0.4 is 14.4 Å². The summed E-state index contributed by atoms with van der Waals surface area (Å²) < 4.78 is 75.0. The number of esters is 1. The molecule has 0 N–H and O–H groups in total. The Labute approximate surface area is 426 Å². The molecule has 0 aliphatic carbocycles. The summed E-state index contributed by atoms with van der Waals surface area (Å²) in [6.45, 7) is 18.4. The Balaban J connectivity index is 1.22. The number of rotatable bonds is 23. The van der Waals surface area contributed by atoms with Crippen molar-refractivity contribution in [3.63, 3.8) is 0 Å². The number of carbonyl (C=O) groups is 2. The van der Waals surface area contributed by atoms with Gasteiger partial charge in [0.15, 0.2) is 38.8 Å². The second-order valence-corrected chi connectivity index (χ2v) is 29.0. The molecular weight excluding hydrogens is 988 g/mol. The van der Waals surface area contributed by atoms with Crippen LogP contribution >= 0.6 is 22.7 Å². The van der Waals surface area contributed by atoms with Crippen molar-refractivity contribution in [3.05, 3.63) is 80.8 Å². The van der Waals surface area contributed by atoms with E-state index in [0.29, 0.717) is 71.0 Å². The Bertz CT molecular complexity index is 2880. The number of aromatic nitrogens is 4. The van der Waals surface area contributed by atoms with Gasteiger partial charge in [-0.15, -0.1) is 21.5 Å². The molecule has 0 fully saturated rings. The zero-order valence-corrected chi connectivity index (χ0v) is 46.1. The fraction of sp³-hybridized carbons (Fsp3) is 0.510. The van der Waals surface area contributed by atoms with Gasteiger partial charge in [-0.05, 0) is 95.5 Å². The van der Waals surface area contributed by atoms with Crippen molar-refractivity contribution in [1.82, 2.24) is 24.6 Å². The van der Waals surface area contributed by atoms with E-state index in [1.165, 1.54) is 28.4 Å². The van der Waals surface area contributed by atoms with Gasteiger partial charge in [0.25, 0.3) is 0 Å². The number of para-hydroxylation sites is 1. The highest BCUT2D eigenvalue weighted by molar-refractivity contribution is 7.85. The average molecular weight is 1060 g/mol. The Morgan fingerprint density at radius 1 is 1.03 bits per heavy atom. The van der Waals surface area contributed by atoms with Crippen molar-refractivity contribution in [1.29, 1.82) is 0 Å². The second-order valence-electron chi connectivity index (χ2n) is 19.8. The Morgan fingerprint density at radius 3 is 2.45 bits per heavy atom. The number of benzene rings is 2. The molecule has 0 unspecified atom stereocenters. The molecule has 17 nitrogen and oxygen atoms in total. The minimum atomic E-state index is -4.32. The van der Waals surface area contributed by atoms with Crippen molar-refractivity contribution < 1.29 is 50.4 Å². The van der Waals surface area contributed by atoms with Crippen LogP contribution in [0.5, 0.6) is 5.75 Å². The molecule has 22 heteroatoms. The molecule has 3 heterocycles. The molecule has 0 bridgehead atoms. The number of hydrogen-bond acceptors (Lipinski definition) is 16. The van der Waals surface area contributed by atoms with E-state index in [0.717, 1.165) is 26.6 Å². The van der Waals surface area contributed by atoms with E-state index in [2.05, 4.69) is 63.4 Å². The minimum absolute atomic E-state index is 0.00823. The maximum atomic E-state index is 15.3.